The Balaban J connectivity index is 2.87. The van der Waals surface area contributed by atoms with Crippen molar-refractivity contribution in [2.45, 2.75) is 6.92 Å². The van der Waals surface area contributed by atoms with Crippen molar-refractivity contribution in [1.82, 2.24) is 10.4 Å². The maximum atomic E-state index is 12.3. The first-order valence-electron chi connectivity index (χ1n) is 6.29. The van der Waals surface area contributed by atoms with Crippen LogP contribution in [0, 0.1) is 6.92 Å². The number of ether oxygens (including phenoxy) is 1. The molecule has 1 aromatic rings. The minimum absolute atomic E-state index is 0.0622. The third-order valence-electron chi connectivity index (χ3n) is 2.70. The molecule has 0 spiro atoms. The highest BCUT2D eigenvalue weighted by molar-refractivity contribution is 7.73. The molecular weight excluding hydrogens is 329 g/mol. The van der Waals surface area contributed by atoms with E-state index in [9.17, 15) is 14.4 Å². The van der Waals surface area contributed by atoms with Crippen LogP contribution in [0.1, 0.15) is 15.9 Å². The van der Waals surface area contributed by atoms with Gasteiger partial charge in [-0.2, -0.15) is 0 Å². The summed E-state index contributed by atoms with van der Waals surface area (Å²) in [5.41, 5.74) is 5.51. The Morgan fingerprint density at radius 2 is 2.05 bits per heavy atom. The van der Waals surface area contributed by atoms with Gasteiger partial charge in [0.1, 0.15) is 8.07 Å². The second-order valence-corrected chi connectivity index (χ2v) is 6.40. The zero-order valence-corrected chi connectivity index (χ0v) is 13.8. The average Bonchev–Trinajstić information content (AvgIpc) is 2.49. The summed E-state index contributed by atoms with van der Waals surface area (Å²) in [4.78, 5) is 35.2. The third-order valence-corrected chi connectivity index (χ3v) is 4.59. The molecule has 0 radical (unpaired) electrons. The van der Waals surface area contributed by atoms with Gasteiger partial charge in [0.25, 0.3) is 5.91 Å². The zero-order valence-electron chi connectivity index (χ0n) is 12.2. The van der Waals surface area contributed by atoms with Crippen LogP contribution in [-0.2, 0) is 9.53 Å². The van der Waals surface area contributed by atoms with E-state index in [0.717, 1.165) is 0 Å². The second kappa shape index (κ2) is 8.68. The number of methoxy groups -OCH3 is 1. The van der Waals surface area contributed by atoms with Crippen LogP contribution in [0.15, 0.2) is 18.2 Å². The molecule has 1 atom stereocenters. The van der Waals surface area contributed by atoms with Crippen LogP contribution in [0.5, 0.6) is 0 Å². The number of aryl methyl sites for hydroxylation is 1. The van der Waals surface area contributed by atoms with Crippen molar-refractivity contribution < 1.29 is 19.1 Å². The molecule has 0 aliphatic rings. The highest BCUT2D eigenvalue weighted by atomic mass is 35.5. The quantitative estimate of drug-likeness (QED) is 0.678. The molecule has 1 rings (SSSR count). The fourth-order valence-corrected chi connectivity index (χ4v) is 3.12. The van der Waals surface area contributed by atoms with Gasteiger partial charge in [-0.1, -0.05) is 23.7 Å². The van der Waals surface area contributed by atoms with E-state index in [2.05, 4.69) is 15.1 Å². The Labute approximate surface area is 134 Å². The molecule has 0 aromatic heterocycles. The Morgan fingerprint density at radius 3 is 2.59 bits per heavy atom. The van der Waals surface area contributed by atoms with Gasteiger partial charge in [0, 0.05) is 0 Å². The Bertz CT molecular complexity index is 562. The van der Waals surface area contributed by atoms with Gasteiger partial charge in [-0.05, 0) is 18.6 Å². The first-order valence-corrected chi connectivity index (χ1v) is 8.19. The van der Waals surface area contributed by atoms with Gasteiger partial charge in [0.05, 0.1) is 30.5 Å². The van der Waals surface area contributed by atoms with Crippen LogP contribution in [0.4, 0.5) is 4.79 Å². The van der Waals surface area contributed by atoms with E-state index in [1.54, 1.807) is 25.1 Å². The van der Waals surface area contributed by atoms with Crippen LogP contribution in [0.3, 0.4) is 0 Å². The van der Waals surface area contributed by atoms with Gasteiger partial charge in [-0.15, -0.1) is 0 Å². The summed E-state index contributed by atoms with van der Waals surface area (Å²) < 4.78 is 4.64. The van der Waals surface area contributed by atoms with Crippen molar-refractivity contribution in [3.8, 4) is 0 Å². The third kappa shape index (κ3) is 4.94. The normalized spacial score (nSPS) is 11.5. The number of carbonyl (C=O) groups is 3. The fourth-order valence-electron chi connectivity index (χ4n) is 1.60. The molecule has 9 heteroatoms. The predicted octanol–water partition coefficient (Wildman–Crippen LogP) is 1.57. The first-order chi connectivity index (χ1) is 10.4. The Kier molecular flexibility index (Phi) is 7.24. The zero-order chi connectivity index (χ0) is 16.7. The van der Waals surface area contributed by atoms with Crippen molar-refractivity contribution in [1.29, 1.82) is 0 Å². The maximum Gasteiger partial charge on any atom is 0.348 e. The number of nitrogens with one attached hydrogen (secondary N) is 2. The number of hydrogen-bond acceptors (Lipinski definition) is 5. The van der Waals surface area contributed by atoms with E-state index in [1.807, 2.05) is 0 Å². The van der Waals surface area contributed by atoms with Crippen LogP contribution in [0.2, 0.25) is 5.02 Å². The largest absolute Gasteiger partial charge is 0.465 e. The van der Waals surface area contributed by atoms with Crippen molar-refractivity contribution in [2.75, 3.05) is 19.9 Å². The summed E-state index contributed by atoms with van der Waals surface area (Å²) in [5.74, 6) is -0.929. The number of benzene rings is 1. The topological polar surface area (TPSA) is 111 Å². The predicted molar refractivity (Wildman–Crippen MR) is 85.0 cm³/mol. The summed E-state index contributed by atoms with van der Waals surface area (Å²) >= 11 is 6.02. The molecule has 0 aliphatic carbocycles. The number of hydrogen-bond donors (Lipinski definition) is 3. The summed E-state index contributed by atoms with van der Waals surface area (Å²) in [7, 11) is -0.551. The second-order valence-electron chi connectivity index (χ2n) is 4.23. The minimum Gasteiger partial charge on any atom is -0.465 e. The molecule has 7 nitrogen and oxygen atoms in total. The molecule has 0 fully saturated rings. The van der Waals surface area contributed by atoms with Crippen molar-refractivity contribution >= 4 is 37.2 Å². The number of carbonyl (C=O) groups excluding carboxylic acids is 3. The van der Waals surface area contributed by atoms with Crippen molar-refractivity contribution in [3.63, 3.8) is 0 Å². The lowest BCUT2D eigenvalue weighted by Gasteiger charge is -2.17. The molecule has 2 amide bonds. The Morgan fingerprint density at radius 1 is 1.36 bits per heavy atom. The molecule has 0 aliphatic heterocycles. The smallest absolute Gasteiger partial charge is 0.348 e. The molecule has 0 saturated heterocycles. The van der Waals surface area contributed by atoms with E-state index >= 15 is 0 Å². The van der Waals surface area contributed by atoms with E-state index in [4.69, 9.17) is 17.3 Å². The number of halogens is 1. The lowest BCUT2D eigenvalue weighted by atomic mass is 10.1. The minimum atomic E-state index is -1.75. The lowest BCUT2D eigenvalue weighted by molar-refractivity contribution is -0.119. The molecule has 22 heavy (non-hydrogen) atoms. The van der Waals surface area contributed by atoms with E-state index in [-0.39, 0.29) is 23.4 Å². The van der Waals surface area contributed by atoms with Gasteiger partial charge >= 0.3 is 5.71 Å². The first kappa shape index (κ1) is 18.4. The van der Waals surface area contributed by atoms with Gasteiger partial charge < -0.3 is 20.9 Å². The van der Waals surface area contributed by atoms with Gasteiger partial charge in [-0.3, -0.25) is 9.59 Å². The number of rotatable bonds is 6. The van der Waals surface area contributed by atoms with E-state index in [0.29, 0.717) is 5.56 Å². The Hall–Kier alpha value is -1.69. The summed E-state index contributed by atoms with van der Waals surface area (Å²) in [6, 6.07) is 5.04. The van der Waals surface area contributed by atoms with Crippen LogP contribution in [-0.4, -0.2) is 37.5 Å². The van der Waals surface area contributed by atoms with E-state index < -0.39 is 25.6 Å². The van der Waals surface area contributed by atoms with Gasteiger partial charge in [-0.25, -0.2) is 4.79 Å². The highest BCUT2D eigenvalue weighted by Crippen LogP contribution is 2.33. The molecule has 0 heterocycles. The van der Waals surface area contributed by atoms with Gasteiger partial charge in [0.15, 0.2) is 0 Å². The molecule has 0 bridgehead atoms. The highest BCUT2D eigenvalue weighted by Gasteiger charge is 2.24. The van der Waals surface area contributed by atoms with E-state index in [1.165, 1.54) is 7.11 Å². The molecule has 0 saturated carbocycles. The van der Waals surface area contributed by atoms with Crippen molar-refractivity contribution in [2.24, 2.45) is 5.73 Å². The summed E-state index contributed by atoms with van der Waals surface area (Å²) in [6.45, 7) is 1.53. The maximum absolute atomic E-state index is 12.3. The summed E-state index contributed by atoms with van der Waals surface area (Å²) in [6.07, 6.45) is -0.0622. The number of nitrogens with two attached hydrogens (primary N) is 1. The molecule has 4 N–H and O–H groups in total. The lowest BCUT2D eigenvalue weighted by Crippen LogP contribution is -2.34. The SMILES string of the molecule is COC(=O)[P@](CNC(=O)CN)NC(=O)c1c(C)cccc1Cl. The van der Waals surface area contributed by atoms with Crippen LogP contribution < -0.4 is 16.1 Å². The van der Waals surface area contributed by atoms with Crippen LogP contribution in [0.25, 0.3) is 0 Å². The van der Waals surface area contributed by atoms with Crippen LogP contribution >= 0.6 is 19.7 Å². The molecular formula is C13H17ClN3O4P. The molecule has 1 aromatic carbocycles. The molecule has 0 unspecified atom stereocenters. The van der Waals surface area contributed by atoms with Crippen molar-refractivity contribution in [3.05, 3.63) is 34.3 Å². The number of amides is 2. The monoisotopic (exact) mass is 345 g/mol. The van der Waals surface area contributed by atoms with Gasteiger partial charge in [0.2, 0.25) is 5.91 Å². The molecule has 120 valence electrons. The summed E-state index contributed by atoms with van der Waals surface area (Å²) in [5, 5.41) is 5.29. The average molecular weight is 346 g/mol. The fraction of sp³-hybridized carbons (Fsp3) is 0.308. The standard InChI is InChI=1S/C13H17ClN3O4P/c1-8-4-3-5-9(14)11(8)12(19)17-22(13(20)21-2)7-16-10(18)6-15/h3-5H,6-7,15H2,1-2H3,(H,16,18)(H,17,19)/t22-/m0/s1.